The summed E-state index contributed by atoms with van der Waals surface area (Å²) in [4.78, 5) is 0. The van der Waals surface area contributed by atoms with Gasteiger partial charge in [0.25, 0.3) is 6.03 Å². The van der Waals surface area contributed by atoms with Crippen molar-refractivity contribution in [3.05, 3.63) is 59.7 Å². The highest BCUT2D eigenvalue weighted by molar-refractivity contribution is 7.55. The Morgan fingerprint density at radius 2 is 1.14 bits per heavy atom. The molecule has 0 saturated carbocycles. The topological polar surface area (TPSA) is 76.0 Å². The summed E-state index contributed by atoms with van der Waals surface area (Å²) in [5.74, 6) is 0.480. The second-order valence-electron chi connectivity index (χ2n) is 4.69. The van der Waals surface area contributed by atoms with Gasteiger partial charge in [-0.1, -0.05) is 35.4 Å². The molecule has 0 atom stereocenters. The number of aliphatic hydroxyl groups is 2. The van der Waals surface area contributed by atoms with Gasteiger partial charge in [0, 0.05) is 0 Å². The first-order valence-electron chi connectivity index (χ1n) is 6.37. The van der Waals surface area contributed by atoms with Crippen LogP contribution in [-0.2, 0) is 4.57 Å². The molecule has 2 rings (SSSR count). The lowest BCUT2D eigenvalue weighted by Gasteiger charge is -2.21. The molecule has 0 unspecified atom stereocenters. The van der Waals surface area contributed by atoms with Crippen LogP contribution in [0.5, 0.6) is 11.5 Å². The molecule has 2 N–H and O–H groups in total. The van der Waals surface area contributed by atoms with Crippen molar-refractivity contribution in [1.29, 1.82) is 0 Å². The largest absolute Gasteiger partial charge is 0.486 e. The Balaban J connectivity index is 2.21. The van der Waals surface area contributed by atoms with Crippen LogP contribution < -0.4 is 9.05 Å². The van der Waals surface area contributed by atoms with Crippen LogP contribution in [0.15, 0.2) is 48.5 Å². The smallest absolute Gasteiger partial charge is 0.413 e. The molecule has 21 heavy (non-hydrogen) atoms. The molecular weight excluding hydrogens is 291 g/mol. The van der Waals surface area contributed by atoms with Crippen LogP contribution in [0.1, 0.15) is 11.1 Å². The van der Waals surface area contributed by atoms with Crippen LogP contribution in [-0.4, -0.2) is 16.2 Å². The average molecular weight is 308 g/mol. The number of aryl methyl sites for hydroxylation is 2. The van der Waals surface area contributed by atoms with E-state index < -0.39 is 13.6 Å². The fourth-order valence-corrected chi connectivity index (χ4v) is 2.66. The van der Waals surface area contributed by atoms with E-state index in [1.165, 1.54) is 0 Å². The van der Waals surface area contributed by atoms with E-state index in [4.69, 9.17) is 9.05 Å². The van der Waals surface area contributed by atoms with E-state index in [0.29, 0.717) is 0 Å². The zero-order valence-electron chi connectivity index (χ0n) is 11.8. The fraction of sp³-hybridized carbons (Fsp3) is 0.200. The van der Waals surface area contributed by atoms with E-state index in [0.717, 1.165) is 11.1 Å². The SMILES string of the molecule is Cc1ccc(OP(=O)(Oc2ccc(C)cc2)C(O)O)cc1. The van der Waals surface area contributed by atoms with Gasteiger partial charge < -0.3 is 19.3 Å². The highest BCUT2D eigenvalue weighted by atomic mass is 31.2. The average Bonchev–Trinajstić information content (AvgIpc) is 2.44. The summed E-state index contributed by atoms with van der Waals surface area (Å²) in [6.45, 7) is 3.79. The molecular formula is C15H17O5P. The van der Waals surface area contributed by atoms with Crippen LogP contribution in [0, 0.1) is 13.8 Å². The summed E-state index contributed by atoms with van der Waals surface area (Å²) in [6, 6.07) is 11.1. The Morgan fingerprint density at radius 3 is 1.43 bits per heavy atom. The van der Waals surface area contributed by atoms with E-state index in [2.05, 4.69) is 0 Å². The van der Waals surface area contributed by atoms with E-state index in [-0.39, 0.29) is 11.5 Å². The molecule has 0 aliphatic heterocycles. The number of aliphatic hydroxyl groups excluding tert-OH is 1. The summed E-state index contributed by atoms with van der Waals surface area (Å²) in [5, 5.41) is 18.7. The van der Waals surface area contributed by atoms with Crippen LogP contribution >= 0.6 is 7.60 Å². The van der Waals surface area contributed by atoms with E-state index in [1.54, 1.807) is 48.5 Å². The van der Waals surface area contributed by atoms with Crippen LogP contribution in [0.2, 0.25) is 0 Å². The predicted octanol–water partition coefficient (Wildman–Crippen LogP) is 3.22. The summed E-state index contributed by atoms with van der Waals surface area (Å²) in [7, 11) is -4.15. The van der Waals surface area contributed by atoms with Crippen molar-refractivity contribution >= 4 is 7.60 Å². The number of rotatable bonds is 5. The first kappa shape index (κ1) is 15.6. The Hall–Kier alpha value is -1.81. The van der Waals surface area contributed by atoms with Crippen molar-refractivity contribution in [2.75, 3.05) is 0 Å². The molecule has 5 nitrogen and oxygen atoms in total. The van der Waals surface area contributed by atoms with Crippen LogP contribution in [0.4, 0.5) is 0 Å². The highest BCUT2D eigenvalue weighted by Gasteiger charge is 2.37. The predicted molar refractivity (Wildman–Crippen MR) is 79.4 cm³/mol. The lowest BCUT2D eigenvalue weighted by atomic mass is 10.2. The van der Waals surface area contributed by atoms with Gasteiger partial charge in [0.2, 0.25) is 0 Å². The second-order valence-corrected chi connectivity index (χ2v) is 6.60. The van der Waals surface area contributed by atoms with Gasteiger partial charge in [0.05, 0.1) is 0 Å². The Labute approximate surface area is 123 Å². The monoisotopic (exact) mass is 308 g/mol. The standard InChI is InChI=1S/C15H17O5P/c1-11-3-7-13(8-4-11)19-21(18,15(16)17)20-14-9-5-12(2)6-10-14/h3-10,15-17H,1-2H3. The highest BCUT2D eigenvalue weighted by Crippen LogP contribution is 2.50. The summed E-state index contributed by atoms with van der Waals surface area (Å²) >= 11 is 0. The lowest BCUT2D eigenvalue weighted by molar-refractivity contribution is 0.0121. The van der Waals surface area contributed by atoms with Crippen molar-refractivity contribution < 1.29 is 23.8 Å². The zero-order chi connectivity index (χ0) is 15.5. The van der Waals surface area contributed by atoms with Gasteiger partial charge >= 0.3 is 7.60 Å². The molecule has 0 radical (unpaired) electrons. The molecule has 0 bridgehead atoms. The van der Waals surface area contributed by atoms with E-state index in [9.17, 15) is 14.8 Å². The molecule has 0 fully saturated rings. The van der Waals surface area contributed by atoms with Crippen molar-refractivity contribution in [2.24, 2.45) is 0 Å². The van der Waals surface area contributed by atoms with Crippen molar-refractivity contribution in [1.82, 2.24) is 0 Å². The maximum atomic E-state index is 12.5. The van der Waals surface area contributed by atoms with E-state index >= 15 is 0 Å². The Morgan fingerprint density at radius 1 is 0.810 bits per heavy atom. The molecule has 0 amide bonds. The maximum Gasteiger partial charge on any atom is 0.486 e. The minimum absolute atomic E-state index is 0.240. The first-order valence-corrected chi connectivity index (χ1v) is 7.99. The molecule has 0 aromatic heterocycles. The Bertz CT molecular complexity index is 583. The van der Waals surface area contributed by atoms with Crippen molar-refractivity contribution in [3.63, 3.8) is 0 Å². The van der Waals surface area contributed by atoms with Gasteiger partial charge in [-0.2, -0.15) is 0 Å². The molecule has 2 aromatic rings. The zero-order valence-corrected chi connectivity index (χ0v) is 12.7. The molecule has 0 spiro atoms. The van der Waals surface area contributed by atoms with Crippen LogP contribution in [0.3, 0.4) is 0 Å². The van der Waals surface area contributed by atoms with Crippen molar-refractivity contribution in [2.45, 2.75) is 19.9 Å². The van der Waals surface area contributed by atoms with Gasteiger partial charge in [-0.15, -0.1) is 0 Å². The summed E-state index contributed by atoms with van der Waals surface area (Å²) < 4.78 is 22.8. The minimum atomic E-state index is -4.15. The van der Waals surface area contributed by atoms with Gasteiger partial charge in [0.15, 0.2) is 0 Å². The van der Waals surface area contributed by atoms with E-state index in [1.807, 2.05) is 13.8 Å². The quantitative estimate of drug-likeness (QED) is 0.655. The third-order valence-electron chi connectivity index (χ3n) is 2.79. The lowest BCUT2D eigenvalue weighted by Crippen LogP contribution is -2.15. The van der Waals surface area contributed by atoms with Gasteiger partial charge in [0.1, 0.15) is 11.5 Å². The summed E-state index contributed by atoms with van der Waals surface area (Å²) in [5.41, 5.74) is 2.00. The normalized spacial score (nSPS) is 11.5. The van der Waals surface area contributed by atoms with Crippen LogP contribution in [0.25, 0.3) is 0 Å². The van der Waals surface area contributed by atoms with Gasteiger partial charge in [-0.3, -0.25) is 0 Å². The second kappa shape index (κ2) is 6.31. The maximum absolute atomic E-state index is 12.5. The number of hydrogen-bond donors (Lipinski definition) is 2. The van der Waals surface area contributed by atoms with Crippen molar-refractivity contribution in [3.8, 4) is 11.5 Å². The molecule has 2 aromatic carbocycles. The molecule has 0 heterocycles. The minimum Gasteiger partial charge on any atom is -0.413 e. The molecule has 0 saturated heterocycles. The van der Waals surface area contributed by atoms with Gasteiger partial charge in [-0.05, 0) is 38.1 Å². The summed E-state index contributed by atoms with van der Waals surface area (Å²) in [6.07, 6.45) is 0. The third-order valence-corrected chi connectivity index (χ3v) is 4.29. The number of benzene rings is 2. The molecule has 6 heteroatoms. The first-order chi connectivity index (χ1) is 9.89. The number of hydrogen-bond acceptors (Lipinski definition) is 5. The molecule has 112 valence electrons. The fourth-order valence-electron chi connectivity index (χ4n) is 1.61. The molecule has 0 aliphatic rings. The molecule has 0 aliphatic carbocycles. The Kier molecular flexibility index (Phi) is 4.68. The third kappa shape index (κ3) is 4.08. The van der Waals surface area contributed by atoms with Gasteiger partial charge in [-0.25, -0.2) is 4.57 Å².